The summed E-state index contributed by atoms with van der Waals surface area (Å²) in [5, 5.41) is 7.92. The average Bonchev–Trinajstić information content (AvgIpc) is 2.85. The zero-order valence-corrected chi connectivity index (χ0v) is 12.3. The highest BCUT2D eigenvalue weighted by atomic mass is 19.3. The van der Waals surface area contributed by atoms with Crippen molar-refractivity contribution in [3.8, 4) is 11.5 Å². The van der Waals surface area contributed by atoms with Crippen LogP contribution in [0.2, 0.25) is 0 Å². The molecule has 22 heavy (non-hydrogen) atoms. The highest BCUT2D eigenvalue weighted by Gasteiger charge is 2.34. The first kappa shape index (κ1) is 15.1. The van der Waals surface area contributed by atoms with Gasteiger partial charge in [0.2, 0.25) is 11.8 Å². The minimum atomic E-state index is -2.85. The van der Waals surface area contributed by atoms with Crippen LogP contribution < -0.4 is 0 Å². The van der Waals surface area contributed by atoms with Gasteiger partial charge in [0.05, 0.1) is 19.7 Å². The van der Waals surface area contributed by atoms with Gasteiger partial charge in [0, 0.05) is 12.1 Å². The van der Waals surface area contributed by atoms with Crippen molar-refractivity contribution in [3.05, 3.63) is 35.7 Å². The highest BCUT2D eigenvalue weighted by Crippen LogP contribution is 2.22. The fourth-order valence-corrected chi connectivity index (χ4v) is 2.32. The molecule has 2 aromatic rings. The number of rotatable bonds is 3. The number of ether oxygens (including phenoxy) is 1. The number of alkyl halides is 2. The normalized spacial score (nSPS) is 19.0. The Morgan fingerprint density at radius 3 is 2.77 bits per heavy atom. The van der Waals surface area contributed by atoms with Crippen molar-refractivity contribution in [1.29, 1.82) is 0 Å². The molecular formula is C15H17F2N3O2. The van der Waals surface area contributed by atoms with E-state index in [9.17, 15) is 8.78 Å². The Hall–Kier alpha value is -1.86. The van der Waals surface area contributed by atoms with Crippen LogP contribution in [0.3, 0.4) is 0 Å². The van der Waals surface area contributed by atoms with E-state index >= 15 is 0 Å². The van der Waals surface area contributed by atoms with Crippen LogP contribution in [0.1, 0.15) is 11.5 Å². The predicted molar refractivity (Wildman–Crippen MR) is 75.5 cm³/mol. The molecule has 1 aromatic heterocycles. The molecule has 0 atom stereocenters. The van der Waals surface area contributed by atoms with E-state index in [2.05, 4.69) is 10.2 Å². The molecule has 0 aliphatic carbocycles. The molecule has 0 bridgehead atoms. The topological polar surface area (TPSA) is 51.4 Å². The second-order valence-corrected chi connectivity index (χ2v) is 5.49. The Bertz CT molecular complexity index is 628. The second-order valence-electron chi connectivity index (χ2n) is 5.49. The predicted octanol–water partition coefficient (Wildman–Crippen LogP) is 2.51. The number of benzene rings is 1. The Balaban J connectivity index is 1.70. The van der Waals surface area contributed by atoms with Crippen molar-refractivity contribution in [2.75, 3.05) is 26.3 Å². The van der Waals surface area contributed by atoms with Gasteiger partial charge in [-0.05, 0) is 19.1 Å². The lowest BCUT2D eigenvalue weighted by atomic mass is 10.1. The minimum Gasteiger partial charge on any atom is -0.419 e. The summed E-state index contributed by atoms with van der Waals surface area (Å²) in [7, 11) is 0. The highest BCUT2D eigenvalue weighted by molar-refractivity contribution is 5.52. The fourth-order valence-electron chi connectivity index (χ4n) is 2.32. The summed E-state index contributed by atoms with van der Waals surface area (Å²) in [6, 6.07) is 7.68. The fraction of sp³-hybridized carbons (Fsp3) is 0.467. The summed E-state index contributed by atoms with van der Waals surface area (Å²) in [5.41, 5.74) is 1.95. The smallest absolute Gasteiger partial charge is 0.283 e. The maximum atomic E-state index is 13.5. The second kappa shape index (κ2) is 6.10. The molecule has 0 N–H and O–H groups in total. The van der Waals surface area contributed by atoms with Gasteiger partial charge in [-0.3, -0.25) is 4.90 Å². The number of hydrogen-bond donors (Lipinski definition) is 0. The van der Waals surface area contributed by atoms with E-state index in [0.29, 0.717) is 18.3 Å². The number of nitrogens with zero attached hydrogens (tertiary/aromatic N) is 3. The van der Waals surface area contributed by atoms with Gasteiger partial charge in [-0.2, -0.15) is 0 Å². The Kier molecular flexibility index (Phi) is 4.17. The molecule has 0 saturated carbocycles. The summed E-state index contributed by atoms with van der Waals surface area (Å²) >= 11 is 0. The largest absolute Gasteiger partial charge is 0.419 e. The molecule has 5 nitrogen and oxygen atoms in total. The lowest BCUT2D eigenvalue weighted by Crippen LogP contribution is -2.37. The number of aryl methyl sites for hydroxylation is 1. The van der Waals surface area contributed by atoms with Gasteiger partial charge in [-0.25, -0.2) is 8.78 Å². The van der Waals surface area contributed by atoms with Gasteiger partial charge in [0.15, 0.2) is 0 Å². The van der Waals surface area contributed by atoms with Crippen LogP contribution in [0.15, 0.2) is 28.7 Å². The summed E-state index contributed by atoms with van der Waals surface area (Å²) in [5.74, 6) is -2.13. The SMILES string of the molecule is Cc1ccc(-c2nnc(CN3CCOCC(F)(F)C3)o2)cc1. The van der Waals surface area contributed by atoms with E-state index < -0.39 is 12.5 Å². The first-order valence-corrected chi connectivity index (χ1v) is 7.09. The molecule has 0 radical (unpaired) electrons. The molecular weight excluding hydrogens is 292 g/mol. The molecule has 1 aliphatic rings. The van der Waals surface area contributed by atoms with Crippen molar-refractivity contribution in [2.24, 2.45) is 0 Å². The van der Waals surface area contributed by atoms with E-state index in [1.165, 1.54) is 0 Å². The van der Waals surface area contributed by atoms with E-state index in [-0.39, 0.29) is 19.7 Å². The van der Waals surface area contributed by atoms with Crippen LogP contribution in [0.5, 0.6) is 0 Å². The van der Waals surface area contributed by atoms with Crippen molar-refractivity contribution in [2.45, 2.75) is 19.4 Å². The molecule has 0 amide bonds. The monoisotopic (exact) mass is 309 g/mol. The zero-order valence-electron chi connectivity index (χ0n) is 12.3. The molecule has 1 saturated heterocycles. The van der Waals surface area contributed by atoms with E-state index in [1.807, 2.05) is 31.2 Å². The van der Waals surface area contributed by atoms with Crippen LogP contribution in [-0.2, 0) is 11.3 Å². The lowest BCUT2D eigenvalue weighted by Gasteiger charge is -2.20. The van der Waals surface area contributed by atoms with Crippen molar-refractivity contribution < 1.29 is 17.9 Å². The van der Waals surface area contributed by atoms with Gasteiger partial charge in [0.25, 0.3) is 5.92 Å². The first-order valence-electron chi connectivity index (χ1n) is 7.09. The number of halogens is 2. The third-order valence-electron chi connectivity index (χ3n) is 3.44. The molecule has 2 heterocycles. The number of aromatic nitrogens is 2. The van der Waals surface area contributed by atoms with Gasteiger partial charge >= 0.3 is 0 Å². The van der Waals surface area contributed by atoms with E-state index in [1.54, 1.807) is 4.90 Å². The van der Waals surface area contributed by atoms with E-state index in [4.69, 9.17) is 9.15 Å². The van der Waals surface area contributed by atoms with Crippen LogP contribution in [0.25, 0.3) is 11.5 Å². The molecule has 0 spiro atoms. The standard InChI is InChI=1S/C15H17F2N3O2/c1-11-2-4-12(5-3-11)14-19-18-13(22-14)8-20-6-7-21-10-15(16,17)9-20/h2-5H,6-10H2,1H3. The van der Waals surface area contributed by atoms with Gasteiger partial charge in [-0.1, -0.05) is 17.7 Å². The Morgan fingerprint density at radius 1 is 1.23 bits per heavy atom. The molecule has 7 heteroatoms. The third-order valence-corrected chi connectivity index (χ3v) is 3.44. The Labute approximate surface area is 126 Å². The molecule has 1 aromatic carbocycles. The average molecular weight is 309 g/mol. The zero-order chi connectivity index (χ0) is 15.6. The maximum Gasteiger partial charge on any atom is 0.283 e. The van der Waals surface area contributed by atoms with Crippen molar-refractivity contribution in [1.82, 2.24) is 15.1 Å². The maximum absolute atomic E-state index is 13.5. The lowest BCUT2D eigenvalue weighted by molar-refractivity contribution is -0.0694. The van der Waals surface area contributed by atoms with Crippen LogP contribution in [-0.4, -0.2) is 47.3 Å². The van der Waals surface area contributed by atoms with Crippen molar-refractivity contribution >= 4 is 0 Å². The van der Waals surface area contributed by atoms with Gasteiger partial charge in [-0.15, -0.1) is 10.2 Å². The number of hydrogen-bond acceptors (Lipinski definition) is 5. The molecule has 3 rings (SSSR count). The summed E-state index contributed by atoms with van der Waals surface area (Å²) < 4.78 is 37.5. The molecule has 1 aliphatic heterocycles. The van der Waals surface area contributed by atoms with Crippen LogP contribution in [0.4, 0.5) is 8.78 Å². The summed E-state index contributed by atoms with van der Waals surface area (Å²) in [6.07, 6.45) is 0. The third kappa shape index (κ3) is 3.66. The quantitative estimate of drug-likeness (QED) is 0.872. The van der Waals surface area contributed by atoms with Crippen LogP contribution >= 0.6 is 0 Å². The van der Waals surface area contributed by atoms with Gasteiger partial charge < -0.3 is 9.15 Å². The minimum absolute atomic E-state index is 0.192. The first-order chi connectivity index (χ1) is 10.5. The summed E-state index contributed by atoms with van der Waals surface area (Å²) in [4.78, 5) is 1.57. The van der Waals surface area contributed by atoms with E-state index in [0.717, 1.165) is 11.1 Å². The Morgan fingerprint density at radius 2 is 2.00 bits per heavy atom. The summed E-state index contributed by atoms with van der Waals surface area (Å²) in [6.45, 7) is 1.96. The molecule has 0 unspecified atom stereocenters. The van der Waals surface area contributed by atoms with Gasteiger partial charge in [0.1, 0.15) is 6.61 Å². The van der Waals surface area contributed by atoms with Crippen molar-refractivity contribution in [3.63, 3.8) is 0 Å². The molecule has 1 fully saturated rings. The van der Waals surface area contributed by atoms with Crippen LogP contribution in [0, 0.1) is 6.92 Å². The molecule has 118 valence electrons.